The van der Waals surface area contributed by atoms with E-state index >= 15 is 0 Å². The van der Waals surface area contributed by atoms with Crippen molar-refractivity contribution in [3.8, 4) is 0 Å². The number of nitrogens with zero attached hydrogens (tertiary/aromatic N) is 1. The van der Waals surface area contributed by atoms with E-state index in [0.29, 0.717) is 16.8 Å². The SMILES string of the molecule is O=C1C=C(N2CCCCC2)C(=O)c2ccccc21. The van der Waals surface area contributed by atoms with Crippen LogP contribution in [0.15, 0.2) is 36.0 Å². The molecular formula is C15H15NO2. The Bertz CT molecular complexity index is 539. The second-order valence-electron chi connectivity index (χ2n) is 4.82. The topological polar surface area (TPSA) is 37.4 Å². The second-order valence-corrected chi connectivity index (χ2v) is 4.82. The van der Waals surface area contributed by atoms with Crippen LogP contribution in [0.25, 0.3) is 0 Å². The second kappa shape index (κ2) is 4.41. The smallest absolute Gasteiger partial charge is 0.209 e. The number of hydrogen-bond donors (Lipinski definition) is 0. The maximum atomic E-state index is 12.4. The summed E-state index contributed by atoms with van der Waals surface area (Å²) in [4.78, 5) is 26.5. The summed E-state index contributed by atoms with van der Waals surface area (Å²) in [5.41, 5.74) is 1.66. The highest BCUT2D eigenvalue weighted by atomic mass is 16.1. The van der Waals surface area contributed by atoms with Gasteiger partial charge in [-0.25, -0.2) is 0 Å². The predicted molar refractivity (Wildman–Crippen MR) is 68.6 cm³/mol. The molecule has 0 atom stereocenters. The lowest BCUT2D eigenvalue weighted by molar-refractivity contribution is 0.0944. The molecular weight excluding hydrogens is 226 g/mol. The Morgan fingerprint density at radius 1 is 0.889 bits per heavy atom. The van der Waals surface area contributed by atoms with Crippen molar-refractivity contribution in [2.45, 2.75) is 19.3 Å². The fraction of sp³-hybridized carbons (Fsp3) is 0.333. The Morgan fingerprint density at radius 3 is 2.28 bits per heavy atom. The standard InChI is InChI=1S/C15H15NO2/c17-14-10-13(16-8-4-1-5-9-16)15(18)12-7-3-2-6-11(12)14/h2-3,6-7,10H,1,4-5,8-9H2. The monoisotopic (exact) mass is 241 g/mol. The van der Waals surface area contributed by atoms with Gasteiger partial charge < -0.3 is 4.90 Å². The van der Waals surface area contributed by atoms with Crippen LogP contribution in [0, 0.1) is 0 Å². The number of carbonyl (C=O) groups is 2. The minimum absolute atomic E-state index is 0.00731. The predicted octanol–water partition coefficient (Wildman–Crippen LogP) is 2.44. The van der Waals surface area contributed by atoms with Crippen LogP contribution in [0.2, 0.25) is 0 Å². The molecule has 3 heteroatoms. The Morgan fingerprint density at radius 2 is 1.56 bits per heavy atom. The molecule has 0 bridgehead atoms. The van der Waals surface area contributed by atoms with Gasteiger partial charge in [-0.2, -0.15) is 0 Å². The molecule has 3 rings (SSSR count). The molecule has 2 aliphatic rings. The van der Waals surface area contributed by atoms with Crippen molar-refractivity contribution < 1.29 is 9.59 Å². The van der Waals surface area contributed by atoms with Crippen molar-refractivity contribution >= 4 is 11.6 Å². The largest absolute Gasteiger partial charge is 0.368 e. The first-order valence-electron chi connectivity index (χ1n) is 6.42. The van der Waals surface area contributed by atoms with Crippen LogP contribution in [0.3, 0.4) is 0 Å². The highest BCUT2D eigenvalue weighted by Gasteiger charge is 2.28. The third-order valence-electron chi connectivity index (χ3n) is 3.63. The van der Waals surface area contributed by atoms with Crippen LogP contribution in [-0.2, 0) is 0 Å². The molecule has 0 N–H and O–H groups in total. The minimum Gasteiger partial charge on any atom is -0.368 e. The summed E-state index contributed by atoms with van der Waals surface area (Å²) in [6.07, 6.45) is 4.92. The van der Waals surface area contributed by atoms with Gasteiger partial charge in [-0.1, -0.05) is 24.3 Å². The Kier molecular flexibility index (Phi) is 2.74. The number of likely N-dealkylation sites (tertiary alicyclic amines) is 1. The van der Waals surface area contributed by atoms with E-state index < -0.39 is 0 Å². The van der Waals surface area contributed by atoms with Gasteiger partial charge in [0.25, 0.3) is 0 Å². The maximum absolute atomic E-state index is 12.4. The van der Waals surface area contributed by atoms with Crippen LogP contribution < -0.4 is 0 Å². The first-order valence-corrected chi connectivity index (χ1v) is 6.42. The van der Waals surface area contributed by atoms with Crippen molar-refractivity contribution in [1.29, 1.82) is 0 Å². The number of carbonyl (C=O) groups excluding carboxylic acids is 2. The van der Waals surface area contributed by atoms with Gasteiger partial charge in [0, 0.05) is 30.3 Å². The molecule has 3 nitrogen and oxygen atoms in total. The first-order chi connectivity index (χ1) is 8.77. The number of fused-ring (bicyclic) bond motifs is 1. The van der Waals surface area contributed by atoms with Crippen molar-refractivity contribution in [2.75, 3.05) is 13.1 Å². The summed E-state index contributed by atoms with van der Waals surface area (Å²) in [6.45, 7) is 1.76. The van der Waals surface area contributed by atoms with Crippen LogP contribution in [0.5, 0.6) is 0 Å². The van der Waals surface area contributed by atoms with Gasteiger partial charge in [-0.15, -0.1) is 0 Å². The van der Waals surface area contributed by atoms with Gasteiger partial charge >= 0.3 is 0 Å². The van der Waals surface area contributed by atoms with Gasteiger partial charge in [0.05, 0.1) is 5.70 Å². The maximum Gasteiger partial charge on any atom is 0.209 e. The number of piperidine rings is 1. The van der Waals surface area contributed by atoms with E-state index in [2.05, 4.69) is 4.90 Å². The van der Waals surface area contributed by atoms with Crippen LogP contribution in [0.4, 0.5) is 0 Å². The molecule has 1 aliphatic heterocycles. The molecule has 1 aliphatic carbocycles. The third-order valence-corrected chi connectivity index (χ3v) is 3.63. The van der Waals surface area contributed by atoms with Crippen molar-refractivity contribution in [2.24, 2.45) is 0 Å². The first kappa shape index (κ1) is 11.2. The van der Waals surface area contributed by atoms with Gasteiger partial charge in [0.15, 0.2) is 5.78 Å². The van der Waals surface area contributed by atoms with Crippen molar-refractivity contribution in [3.63, 3.8) is 0 Å². The normalized spacial score (nSPS) is 19.6. The van der Waals surface area contributed by atoms with Crippen molar-refractivity contribution in [3.05, 3.63) is 47.2 Å². The van der Waals surface area contributed by atoms with Crippen LogP contribution >= 0.6 is 0 Å². The molecule has 1 aromatic rings. The number of Topliss-reactive ketones (excluding diaryl/α,β-unsaturated/α-hetero) is 1. The lowest BCUT2D eigenvalue weighted by Gasteiger charge is -2.31. The molecule has 18 heavy (non-hydrogen) atoms. The van der Waals surface area contributed by atoms with E-state index in [9.17, 15) is 9.59 Å². The molecule has 92 valence electrons. The number of benzene rings is 1. The van der Waals surface area contributed by atoms with Gasteiger partial charge in [0.1, 0.15) is 0 Å². The van der Waals surface area contributed by atoms with E-state index in [0.717, 1.165) is 25.9 Å². The quantitative estimate of drug-likeness (QED) is 0.757. The summed E-state index contributed by atoms with van der Waals surface area (Å²) in [5.74, 6) is -0.0575. The molecule has 1 fully saturated rings. The molecule has 1 saturated heterocycles. The summed E-state index contributed by atoms with van der Waals surface area (Å²) < 4.78 is 0. The fourth-order valence-electron chi connectivity index (χ4n) is 2.67. The number of hydrogen-bond acceptors (Lipinski definition) is 3. The third kappa shape index (κ3) is 1.76. The molecule has 0 spiro atoms. The Labute approximate surface area is 106 Å². The molecule has 1 heterocycles. The van der Waals surface area contributed by atoms with E-state index in [1.54, 1.807) is 18.2 Å². The average Bonchev–Trinajstić information content (AvgIpc) is 2.44. The van der Waals surface area contributed by atoms with Crippen LogP contribution in [0.1, 0.15) is 40.0 Å². The highest BCUT2D eigenvalue weighted by Crippen LogP contribution is 2.25. The number of rotatable bonds is 1. The van der Waals surface area contributed by atoms with Gasteiger partial charge in [0.2, 0.25) is 5.78 Å². The summed E-state index contributed by atoms with van der Waals surface area (Å²) in [6, 6.07) is 7.07. The molecule has 0 aromatic heterocycles. The van der Waals surface area contributed by atoms with E-state index in [1.165, 1.54) is 12.5 Å². The lowest BCUT2D eigenvalue weighted by atomic mass is 9.91. The molecule has 0 unspecified atom stereocenters. The van der Waals surface area contributed by atoms with Gasteiger partial charge in [-0.05, 0) is 19.3 Å². The fourth-order valence-corrected chi connectivity index (χ4v) is 2.67. The zero-order chi connectivity index (χ0) is 12.5. The zero-order valence-electron chi connectivity index (χ0n) is 10.2. The van der Waals surface area contributed by atoms with E-state index in [-0.39, 0.29) is 11.6 Å². The minimum atomic E-state index is -0.0502. The summed E-state index contributed by atoms with van der Waals surface area (Å²) in [7, 11) is 0. The molecule has 0 amide bonds. The number of allylic oxidation sites excluding steroid dienone is 2. The van der Waals surface area contributed by atoms with Crippen LogP contribution in [-0.4, -0.2) is 29.6 Å². The van der Waals surface area contributed by atoms with E-state index in [4.69, 9.17) is 0 Å². The Hall–Kier alpha value is -1.90. The number of ketones is 2. The lowest BCUT2D eigenvalue weighted by Crippen LogP contribution is -2.35. The zero-order valence-corrected chi connectivity index (χ0v) is 10.2. The average molecular weight is 241 g/mol. The molecule has 1 aromatic carbocycles. The summed E-state index contributed by atoms with van der Waals surface area (Å²) in [5, 5.41) is 0. The van der Waals surface area contributed by atoms with E-state index in [1.807, 2.05) is 6.07 Å². The highest BCUT2D eigenvalue weighted by molar-refractivity contribution is 6.24. The van der Waals surface area contributed by atoms with Gasteiger partial charge in [-0.3, -0.25) is 9.59 Å². The van der Waals surface area contributed by atoms with Crippen molar-refractivity contribution in [1.82, 2.24) is 4.90 Å². The molecule has 0 saturated carbocycles. The summed E-state index contributed by atoms with van der Waals surface area (Å²) >= 11 is 0. The molecule has 0 radical (unpaired) electrons. The Balaban J connectivity index is 1.98.